The number of nitrogens with one attached hydrogen (secondary N) is 1. The summed E-state index contributed by atoms with van der Waals surface area (Å²) in [6.45, 7) is 2.24. The molecule has 102 valence electrons. The number of carbonyl (C=O) groups is 2. The summed E-state index contributed by atoms with van der Waals surface area (Å²) in [5.74, 6) is 0.116. The van der Waals surface area contributed by atoms with E-state index in [2.05, 4.69) is 10.2 Å². The van der Waals surface area contributed by atoms with Gasteiger partial charge in [0.25, 0.3) is 0 Å². The lowest BCUT2D eigenvalue weighted by atomic mass is 9.95. The van der Waals surface area contributed by atoms with Crippen molar-refractivity contribution in [1.29, 1.82) is 0 Å². The first-order valence-electron chi connectivity index (χ1n) is 6.81. The molecular weight excluding hydrogens is 230 g/mol. The molecule has 5 heteroatoms. The molecule has 0 radical (unpaired) electrons. The van der Waals surface area contributed by atoms with E-state index in [9.17, 15) is 9.59 Å². The van der Waals surface area contributed by atoms with Gasteiger partial charge in [-0.25, -0.2) is 0 Å². The topological polar surface area (TPSA) is 52.7 Å². The fourth-order valence-corrected chi connectivity index (χ4v) is 2.64. The first-order valence-corrected chi connectivity index (χ1v) is 6.81. The number of amides is 2. The Morgan fingerprint density at radius 3 is 2.33 bits per heavy atom. The van der Waals surface area contributed by atoms with Crippen molar-refractivity contribution >= 4 is 11.8 Å². The lowest BCUT2D eigenvalue weighted by molar-refractivity contribution is -0.139. The number of piperidine rings is 1. The second-order valence-electron chi connectivity index (χ2n) is 5.41. The van der Waals surface area contributed by atoms with Crippen molar-refractivity contribution in [3.63, 3.8) is 0 Å². The van der Waals surface area contributed by atoms with Crippen molar-refractivity contribution in [2.75, 3.05) is 33.7 Å². The van der Waals surface area contributed by atoms with Gasteiger partial charge >= 0.3 is 0 Å². The number of nitrogens with zero attached hydrogens (tertiary/aromatic N) is 2. The molecule has 2 aliphatic rings. The summed E-state index contributed by atoms with van der Waals surface area (Å²) >= 11 is 0. The van der Waals surface area contributed by atoms with Gasteiger partial charge in [0.05, 0.1) is 6.54 Å². The molecule has 1 heterocycles. The molecule has 5 nitrogen and oxygen atoms in total. The van der Waals surface area contributed by atoms with Crippen molar-refractivity contribution in [3.05, 3.63) is 0 Å². The van der Waals surface area contributed by atoms with Gasteiger partial charge in [0.15, 0.2) is 0 Å². The van der Waals surface area contributed by atoms with Gasteiger partial charge in [-0.05, 0) is 38.8 Å². The van der Waals surface area contributed by atoms with Crippen molar-refractivity contribution in [2.24, 2.45) is 5.92 Å². The maximum Gasteiger partial charge on any atom is 0.239 e. The van der Waals surface area contributed by atoms with Crippen LogP contribution in [-0.2, 0) is 9.59 Å². The average Bonchev–Trinajstić information content (AvgIpc) is 3.22. The molecule has 1 aliphatic carbocycles. The highest BCUT2D eigenvalue weighted by Gasteiger charge is 2.34. The van der Waals surface area contributed by atoms with E-state index in [0.29, 0.717) is 0 Å². The third-order valence-electron chi connectivity index (χ3n) is 3.98. The fraction of sp³-hybridized carbons (Fsp3) is 0.846. The van der Waals surface area contributed by atoms with Gasteiger partial charge in [-0.1, -0.05) is 0 Å². The molecule has 0 atom stereocenters. The number of likely N-dealkylation sites (tertiary alicyclic amines) is 1. The van der Waals surface area contributed by atoms with E-state index in [-0.39, 0.29) is 24.3 Å². The molecule has 2 amide bonds. The van der Waals surface area contributed by atoms with Gasteiger partial charge in [0.2, 0.25) is 11.8 Å². The molecule has 0 spiro atoms. The maximum atomic E-state index is 12.2. The van der Waals surface area contributed by atoms with Crippen molar-refractivity contribution < 1.29 is 9.59 Å². The number of hydrogen-bond acceptors (Lipinski definition) is 3. The second kappa shape index (κ2) is 5.69. The lowest BCUT2D eigenvalue weighted by Crippen LogP contribution is -2.44. The maximum absolute atomic E-state index is 12.2. The minimum absolute atomic E-state index is 0.106. The minimum Gasteiger partial charge on any atom is -0.358 e. The van der Waals surface area contributed by atoms with E-state index in [4.69, 9.17) is 0 Å². The second-order valence-corrected chi connectivity index (χ2v) is 5.41. The largest absolute Gasteiger partial charge is 0.358 e. The van der Waals surface area contributed by atoms with Crippen LogP contribution >= 0.6 is 0 Å². The molecule has 2 fully saturated rings. The quantitative estimate of drug-likeness (QED) is 0.771. The van der Waals surface area contributed by atoms with Crippen LogP contribution in [-0.4, -0.2) is 61.4 Å². The Balaban J connectivity index is 1.77. The Hall–Kier alpha value is -1.10. The van der Waals surface area contributed by atoms with Crippen LogP contribution in [0.5, 0.6) is 0 Å². The highest BCUT2D eigenvalue weighted by molar-refractivity contribution is 5.85. The SMILES string of the molecule is CNC(=O)CN(C)C(=O)C1CCN(C2CC2)CC1. The van der Waals surface area contributed by atoms with Crippen molar-refractivity contribution in [2.45, 2.75) is 31.7 Å². The summed E-state index contributed by atoms with van der Waals surface area (Å²) in [5, 5.41) is 2.54. The predicted octanol–water partition coefficient (Wildman–Crippen LogP) is 0.0652. The van der Waals surface area contributed by atoms with Crippen LogP contribution in [0.15, 0.2) is 0 Å². The van der Waals surface area contributed by atoms with Crippen LogP contribution in [0, 0.1) is 5.92 Å². The Morgan fingerprint density at radius 2 is 1.83 bits per heavy atom. The molecule has 0 aromatic carbocycles. The van der Waals surface area contributed by atoms with E-state index >= 15 is 0 Å². The number of hydrogen-bond donors (Lipinski definition) is 1. The third kappa shape index (κ3) is 3.22. The molecule has 1 saturated carbocycles. The van der Waals surface area contributed by atoms with Gasteiger partial charge in [0, 0.05) is 26.1 Å². The van der Waals surface area contributed by atoms with Gasteiger partial charge < -0.3 is 15.1 Å². The zero-order valence-corrected chi connectivity index (χ0v) is 11.3. The standard InChI is InChI=1S/C13H23N3O2/c1-14-12(17)9-15(2)13(18)10-5-7-16(8-6-10)11-3-4-11/h10-11H,3-9H2,1-2H3,(H,14,17). The third-order valence-corrected chi connectivity index (χ3v) is 3.98. The number of likely N-dealkylation sites (N-methyl/N-ethyl adjacent to an activating group) is 2. The summed E-state index contributed by atoms with van der Waals surface area (Å²) < 4.78 is 0. The van der Waals surface area contributed by atoms with E-state index in [1.165, 1.54) is 12.8 Å². The van der Waals surface area contributed by atoms with Gasteiger partial charge in [-0.3, -0.25) is 9.59 Å². The van der Waals surface area contributed by atoms with Crippen LogP contribution in [0.2, 0.25) is 0 Å². The van der Waals surface area contributed by atoms with Crippen LogP contribution in [0.3, 0.4) is 0 Å². The summed E-state index contributed by atoms with van der Waals surface area (Å²) in [7, 11) is 3.31. The van der Waals surface area contributed by atoms with E-state index in [1.54, 1.807) is 19.0 Å². The molecule has 0 aromatic heterocycles. The molecule has 1 aliphatic heterocycles. The van der Waals surface area contributed by atoms with Crippen LogP contribution in [0.25, 0.3) is 0 Å². The number of rotatable bonds is 4. The Bertz CT molecular complexity index is 320. The van der Waals surface area contributed by atoms with Gasteiger partial charge in [-0.2, -0.15) is 0 Å². The molecule has 0 aromatic rings. The summed E-state index contributed by atoms with van der Waals surface area (Å²) in [5.41, 5.74) is 0. The predicted molar refractivity (Wildman–Crippen MR) is 69.0 cm³/mol. The molecule has 1 saturated heterocycles. The summed E-state index contributed by atoms with van der Waals surface area (Å²) in [6.07, 6.45) is 4.53. The van der Waals surface area contributed by atoms with Crippen molar-refractivity contribution in [3.8, 4) is 0 Å². The molecule has 1 N–H and O–H groups in total. The van der Waals surface area contributed by atoms with Crippen LogP contribution in [0.1, 0.15) is 25.7 Å². The Morgan fingerprint density at radius 1 is 1.22 bits per heavy atom. The molecule has 0 unspecified atom stereocenters. The fourth-order valence-electron chi connectivity index (χ4n) is 2.64. The van der Waals surface area contributed by atoms with E-state index in [0.717, 1.165) is 32.0 Å². The van der Waals surface area contributed by atoms with Gasteiger partial charge in [-0.15, -0.1) is 0 Å². The lowest BCUT2D eigenvalue weighted by Gasteiger charge is -2.33. The minimum atomic E-state index is -0.110. The molecule has 18 heavy (non-hydrogen) atoms. The Labute approximate surface area is 108 Å². The molecular formula is C13H23N3O2. The molecule has 2 rings (SSSR count). The normalized spacial score (nSPS) is 21.7. The monoisotopic (exact) mass is 253 g/mol. The van der Waals surface area contributed by atoms with Crippen LogP contribution < -0.4 is 5.32 Å². The average molecular weight is 253 g/mol. The first kappa shape index (κ1) is 13.3. The van der Waals surface area contributed by atoms with E-state index in [1.807, 2.05) is 0 Å². The van der Waals surface area contributed by atoms with Gasteiger partial charge in [0.1, 0.15) is 0 Å². The highest BCUT2D eigenvalue weighted by atomic mass is 16.2. The Kier molecular flexibility index (Phi) is 4.22. The van der Waals surface area contributed by atoms with E-state index < -0.39 is 0 Å². The highest BCUT2D eigenvalue weighted by Crippen LogP contribution is 2.31. The summed E-state index contributed by atoms with van der Waals surface area (Å²) in [6, 6.07) is 0.796. The van der Waals surface area contributed by atoms with Crippen molar-refractivity contribution in [1.82, 2.24) is 15.1 Å². The smallest absolute Gasteiger partial charge is 0.239 e. The first-order chi connectivity index (χ1) is 8.61. The zero-order valence-electron chi connectivity index (χ0n) is 11.3. The molecule has 0 bridgehead atoms. The summed E-state index contributed by atoms with van der Waals surface area (Å²) in [4.78, 5) is 27.5. The zero-order chi connectivity index (χ0) is 13.1. The number of carbonyl (C=O) groups excluding carboxylic acids is 2. The van der Waals surface area contributed by atoms with Crippen LogP contribution in [0.4, 0.5) is 0 Å².